The highest BCUT2D eigenvalue weighted by Gasteiger charge is 2.33. The van der Waals surface area contributed by atoms with E-state index in [4.69, 9.17) is 4.74 Å². The van der Waals surface area contributed by atoms with E-state index in [2.05, 4.69) is 33.0 Å². The maximum atomic E-state index is 13.5. The van der Waals surface area contributed by atoms with Crippen LogP contribution in [0.5, 0.6) is 0 Å². The third-order valence-corrected chi connectivity index (χ3v) is 3.47. The average Bonchev–Trinajstić information content (AvgIpc) is 2.36. The first-order valence-corrected chi connectivity index (χ1v) is 7.42. The Kier molecular flexibility index (Phi) is 6.15. The van der Waals surface area contributed by atoms with Crippen LogP contribution in [0.4, 0.5) is 4.39 Å². The Morgan fingerprint density at radius 2 is 1.90 bits per heavy atom. The highest BCUT2D eigenvalue weighted by Crippen LogP contribution is 2.33. The van der Waals surface area contributed by atoms with Gasteiger partial charge in [0.25, 0.3) is 0 Å². The summed E-state index contributed by atoms with van der Waals surface area (Å²) >= 11 is 0. The van der Waals surface area contributed by atoms with Crippen molar-refractivity contribution in [3.63, 3.8) is 0 Å². The molecule has 0 spiro atoms. The number of hydrogen-bond acceptors (Lipinski definition) is 2. The van der Waals surface area contributed by atoms with Crippen molar-refractivity contribution in [3.8, 4) is 0 Å². The van der Waals surface area contributed by atoms with Crippen molar-refractivity contribution >= 4 is 0 Å². The van der Waals surface area contributed by atoms with Crippen LogP contribution in [0.2, 0.25) is 0 Å². The van der Waals surface area contributed by atoms with Crippen molar-refractivity contribution in [2.75, 3.05) is 13.2 Å². The number of ether oxygens (including phenoxy) is 1. The van der Waals surface area contributed by atoms with E-state index < -0.39 is 0 Å². The minimum atomic E-state index is -0.160. The Balaban J connectivity index is 3.16. The van der Waals surface area contributed by atoms with Gasteiger partial charge in [0.1, 0.15) is 5.82 Å². The summed E-state index contributed by atoms with van der Waals surface area (Å²) in [5.74, 6) is -0.160. The van der Waals surface area contributed by atoms with Gasteiger partial charge in [0.05, 0.1) is 12.1 Å². The van der Waals surface area contributed by atoms with Crippen LogP contribution in [0.3, 0.4) is 0 Å². The highest BCUT2D eigenvalue weighted by atomic mass is 19.1. The van der Waals surface area contributed by atoms with E-state index in [9.17, 15) is 4.39 Å². The summed E-state index contributed by atoms with van der Waals surface area (Å²) in [6.07, 6.45) is 0.0392. The predicted molar refractivity (Wildman–Crippen MR) is 82.4 cm³/mol. The van der Waals surface area contributed by atoms with Crippen LogP contribution in [-0.4, -0.2) is 19.3 Å². The molecule has 0 saturated carbocycles. The van der Waals surface area contributed by atoms with Crippen LogP contribution in [0, 0.1) is 18.2 Å². The summed E-state index contributed by atoms with van der Waals surface area (Å²) in [6.45, 7) is 13.9. The normalized spacial score (nSPS) is 15.2. The van der Waals surface area contributed by atoms with E-state index in [0.29, 0.717) is 12.2 Å². The number of hydrogen-bond donors (Lipinski definition) is 1. The van der Waals surface area contributed by atoms with Gasteiger partial charge in [-0.3, -0.25) is 0 Å². The Morgan fingerprint density at radius 1 is 1.25 bits per heavy atom. The fourth-order valence-electron chi connectivity index (χ4n) is 2.51. The summed E-state index contributed by atoms with van der Waals surface area (Å²) in [7, 11) is 0. The molecule has 2 atom stereocenters. The molecule has 114 valence electrons. The monoisotopic (exact) mass is 281 g/mol. The minimum Gasteiger partial charge on any atom is -0.376 e. The van der Waals surface area contributed by atoms with E-state index in [1.807, 2.05) is 19.1 Å². The van der Waals surface area contributed by atoms with Crippen molar-refractivity contribution in [2.45, 2.75) is 53.7 Å². The third-order valence-electron chi connectivity index (χ3n) is 3.47. The number of aryl methyl sites for hydroxylation is 1. The van der Waals surface area contributed by atoms with Gasteiger partial charge >= 0.3 is 0 Å². The van der Waals surface area contributed by atoms with Gasteiger partial charge in [-0.25, -0.2) is 4.39 Å². The van der Waals surface area contributed by atoms with Crippen molar-refractivity contribution < 1.29 is 9.13 Å². The van der Waals surface area contributed by atoms with Crippen LogP contribution < -0.4 is 5.32 Å². The van der Waals surface area contributed by atoms with E-state index in [0.717, 1.165) is 12.1 Å². The summed E-state index contributed by atoms with van der Waals surface area (Å²) in [5, 5.41) is 3.49. The summed E-state index contributed by atoms with van der Waals surface area (Å²) in [5.41, 5.74) is 1.76. The van der Waals surface area contributed by atoms with Crippen molar-refractivity contribution in [2.24, 2.45) is 5.41 Å². The van der Waals surface area contributed by atoms with Crippen molar-refractivity contribution in [3.05, 3.63) is 35.1 Å². The second-order valence-corrected chi connectivity index (χ2v) is 6.29. The van der Waals surface area contributed by atoms with E-state index in [1.165, 1.54) is 0 Å². The van der Waals surface area contributed by atoms with Crippen molar-refractivity contribution in [1.29, 1.82) is 0 Å². The van der Waals surface area contributed by atoms with Gasteiger partial charge in [0, 0.05) is 6.61 Å². The second-order valence-electron chi connectivity index (χ2n) is 6.29. The fraction of sp³-hybridized carbons (Fsp3) is 0.647. The van der Waals surface area contributed by atoms with Gasteiger partial charge in [0.2, 0.25) is 0 Å². The molecule has 0 aliphatic carbocycles. The molecule has 1 N–H and O–H groups in total. The van der Waals surface area contributed by atoms with Crippen LogP contribution in [-0.2, 0) is 4.74 Å². The van der Waals surface area contributed by atoms with Crippen LogP contribution in [0.1, 0.15) is 51.8 Å². The summed E-state index contributed by atoms with van der Waals surface area (Å²) < 4.78 is 19.5. The van der Waals surface area contributed by atoms with Gasteiger partial charge < -0.3 is 10.1 Å². The molecule has 0 amide bonds. The number of nitrogens with one attached hydrogen (secondary N) is 1. The lowest BCUT2D eigenvalue weighted by atomic mass is 9.81. The van der Waals surface area contributed by atoms with Gasteiger partial charge in [-0.2, -0.15) is 0 Å². The summed E-state index contributed by atoms with van der Waals surface area (Å²) in [6, 6.07) is 5.38. The van der Waals surface area contributed by atoms with Crippen LogP contribution >= 0.6 is 0 Å². The Labute approximate surface area is 122 Å². The molecule has 0 bridgehead atoms. The standard InChI is InChI=1S/C17H28FNO/c1-7-19-15(16(20-8-2)17(4,5)6)13-9-10-14(18)12(3)11-13/h9-11,15-16,19H,7-8H2,1-6H3. The number of halogens is 1. The van der Waals surface area contributed by atoms with Gasteiger partial charge in [-0.15, -0.1) is 0 Å². The molecule has 0 aromatic heterocycles. The molecule has 2 nitrogen and oxygen atoms in total. The first-order chi connectivity index (χ1) is 9.31. The van der Waals surface area contributed by atoms with Gasteiger partial charge in [0.15, 0.2) is 0 Å². The fourth-order valence-corrected chi connectivity index (χ4v) is 2.51. The van der Waals surface area contributed by atoms with Gasteiger partial charge in [-0.1, -0.05) is 39.8 Å². The van der Waals surface area contributed by atoms with Crippen LogP contribution in [0.25, 0.3) is 0 Å². The van der Waals surface area contributed by atoms with Crippen molar-refractivity contribution in [1.82, 2.24) is 5.32 Å². The quantitative estimate of drug-likeness (QED) is 0.842. The molecule has 1 aromatic carbocycles. The van der Waals surface area contributed by atoms with Gasteiger partial charge in [-0.05, 0) is 43.0 Å². The molecular formula is C17H28FNO. The van der Waals surface area contributed by atoms with E-state index in [1.54, 1.807) is 13.0 Å². The summed E-state index contributed by atoms with van der Waals surface area (Å²) in [4.78, 5) is 0. The molecule has 1 aromatic rings. The molecular weight excluding hydrogens is 253 g/mol. The molecule has 0 aliphatic rings. The van der Waals surface area contributed by atoms with E-state index >= 15 is 0 Å². The molecule has 0 fully saturated rings. The molecule has 20 heavy (non-hydrogen) atoms. The Hall–Kier alpha value is -0.930. The minimum absolute atomic E-state index is 0.00510. The van der Waals surface area contributed by atoms with E-state index in [-0.39, 0.29) is 23.4 Å². The zero-order valence-corrected chi connectivity index (χ0v) is 13.6. The lowest BCUT2D eigenvalue weighted by molar-refractivity contribution is -0.0363. The lowest BCUT2D eigenvalue weighted by Gasteiger charge is -2.37. The number of benzene rings is 1. The zero-order valence-electron chi connectivity index (χ0n) is 13.6. The molecule has 1 rings (SSSR count). The number of likely N-dealkylation sites (N-methyl/N-ethyl adjacent to an activating group) is 1. The number of rotatable bonds is 6. The molecule has 0 radical (unpaired) electrons. The SMILES string of the molecule is CCNC(c1ccc(F)c(C)c1)C(OCC)C(C)(C)C. The first kappa shape index (κ1) is 17.1. The smallest absolute Gasteiger partial charge is 0.126 e. The largest absolute Gasteiger partial charge is 0.376 e. The zero-order chi connectivity index (χ0) is 15.3. The Bertz CT molecular complexity index is 425. The molecule has 2 unspecified atom stereocenters. The average molecular weight is 281 g/mol. The molecule has 0 aliphatic heterocycles. The maximum Gasteiger partial charge on any atom is 0.126 e. The predicted octanol–water partition coefficient (Wildman–Crippen LogP) is 4.24. The molecule has 0 heterocycles. The molecule has 3 heteroatoms. The molecule has 0 saturated heterocycles. The van der Waals surface area contributed by atoms with Crippen LogP contribution in [0.15, 0.2) is 18.2 Å². The third kappa shape index (κ3) is 4.29. The first-order valence-electron chi connectivity index (χ1n) is 7.42. The topological polar surface area (TPSA) is 21.3 Å². The maximum absolute atomic E-state index is 13.5. The lowest BCUT2D eigenvalue weighted by Crippen LogP contribution is -2.42. The Morgan fingerprint density at radius 3 is 2.35 bits per heavy atom. The second kappa shape index (κ2) is 7.19. The highest BCUT2D eigenvalue weighted by molar-refractivity contribution is 5.27.